The van der Waals surface area contributed by atoms with Crippen LogP contribution in [0.25, 0.3) is 11.5 Å². The number of furan rings is 1. The quantitative estimate of drug-likeness (QED) is 0.736. The molecule has 0 amide bonds. The first kappa shape index (κ1) is 15.6. The second-order valence-corrected chi connectivity index (χ2v) is 6.30. The van der Waals surface area contributed by atoms with Gasteiger partial charge in [-0.3, -0.25) is 14.7 Å². The first-order valence-corrected chi connectivity index (χ1v) is 8.22. The normalized spacial score (nSPS) is 17.6. The van der Waals surface area contributed by atoms with E-state index in [2.05, 4.69) is 20.2 Å². The van der Waals surface area contributed by atoms with E-state index in [4.69, 9.17) is 4.42 Å². The van der Waals surface area contributed by atoms with E-state index in [-0.39, 0.29) is 0 Å². The molecule has 0 spiro atoms. The average Bonchev–Trinajstić information content (AvgIpc) is 3.37. The number of nitrogens with one attached hydrogen (secondary N) is 1. The molecule has 1 saturated heterocycles. The number of aromatic nitrogens is 4. The van der Waals surface area contributed by atoms with Gasteiger partial charge in [0.25, 0.3) is 0 Å². The SMILES string of the molecule is O=C(O)C1(n2cccn2)CCN(Cc2ccc(-c3ccn[nH]3)o2)CC1. The van der Waals surface area contributed by atoms with Crippen LogP contribution in [0.15, 0.2) is 47.3 Å². The van der Waals surface area contributed by atoms with Gasteiger partial charge in [0.1, 0.15) is 11.5 Å². The summed E-state index contributed by atoms with van der Waals surface area (Å²) in [4.78, 5) is 14.1. The first-order valence-electron chi connectivity index (χ1n) is 8.22. The Labute approximate surface area is 144 Å². The molecule has 0 aromatic carbocycles. The molecule has 0 aliphatic carbocycles. The molecule has 4 heterocycles. The summed E-state index contributed by atoms with van der Waals surface area (Å²) in [5.41, 5.74) is -0.113. The Morgan fingerprint density at radius 3 is 2.76 bits per heavy atom. The first-order chi connectivity index (χ1) is 12.2. The van der Waals surface area contributed by atoms with Gasteiger partial charge in [0.15, 0.2) is 11.3 Å². The van der Waals surface area contributed by atoms with Crippen LogP contribution in [-0.2, 0) is 16.9 Å². The smallest absolute Gasteiger partial charge is 0.331 e. The Hall–Kier alpha value is -2.87. The molecule has 8 heteroatoms. The van der Waals surface area contributed by atoms with E-state index < -0.39 is 11.5 Å². The van der Waals surface area contributed by atoms with Crippen molar-refractivity contribution >= 4 is 5.97 Å². The fourth-order valence-corrected chi connectivity index (χ4v) is 3.37. The van der Waals surface area contributed by atoms with Crippen LogP contribution in [0.3, 0.4) is 0 Å². The monoisotopic (exact) mass is 341 g/mol. The summed E-state index contributed by atoms with van der Waals surface area (Å²) >= 11 is 0. The van der Waals surface area contributed by atoms with Crippen LogP contribution >= 0.6 is 0 Å². The number of piperidine rings is 1. The molecular formula is C17H19N5O3. The molecule has 25 heavy (non-hydrogen) atoms. The Bertz CT molecular complexity index is 830. The number of aromatic amines is 1. The number of rotatable bonds is 5. The molecule has 8 nitrogen and oxygen atoms in total. The molecule has 0 saturated carbocycles. The van der Waals surface area contributed by atoms with E-state index in [1.165, 1.54) is 0 Å². The van der Waals surface area contributed by atoms with Gasteiger partial charge < -0.3 is 9.52 Å². The van der Waals surface area contributed by atoms with Crippen molar-refractivity contribution in [2.45, 2.75) is 24.9 Å². The summed E-state index contributed by atoms with van der Waals surface area (Å²) in [7, 11) is 0. The number of likely N-dealkylation sites (tertiary alicyclic amines) is 1. The van der Waals surface area contributed by atoms with E-state index in [9.17, 15) is 9.90 Å². The average molecular weight is 341 g/mol. The Kier molecular flexibility index (Phi) is 3.89. The maximum Gasteiger partial charge on any atom is 0.331 e. The zero-order chi connectivity index (χ0) is 17.3. The van der Waals surface area contributed by atoms with Gasteiger partial charge >= 0.3 is 5.97 Å². The maximum absolute atomic E-state index is 11.9. The number of nitrogens with zero attached hydrogens (tertiary/aromatic N) is 4. The van der Waals surface area contributed by atoms with Crippen LogP contribution in [0.5, 0.6) is 0 Å². The highest BCUT2D eigenvalue weighted by molar-refractivity contribution is 5.76. The highest BCUT2D eigenvalue weighted by Crippen LogP contribution is 2.31. The molecule has 1 aliphatic heterocycles. The molecule has 0 radical (unpaired) electrons. The standard InChI is InChI=1S/C17H19N5O3/c23-16(24)17(22-9-1-7-19-22)5-10-21(11-6-17)12-13-2-3-15(25-13)14-4-8-18-20-14/h1-4,7-9H,5-6,10-12H2,(H,18,20)(H,23,24). The highest BCUT2D eigenvalue weighted by Gasteiger charge is 2.43. The lowest BCUT2D eigenvalue weighted by Crippen LogP contribution is -2.51. The number of carboxylic acid groups (broad SMARTS) is 1. The Morgan fingerprint density at radius 2 is 2.12 bits per heavy atom. The number of hydrogen-bond acceptors (Lipinski definition) is 5. The third-order valence-corrected chi connectivity index (χ3v) is 4.83. The molecule has 2 N–H and O–H groups in total. The molecule has 4 rings (SSSR count). The van der Waals surface area contributed by atoms with Crippen LogP contribution in [0.2, 0.25) is 0 Å². The lowest BCUT2D eigenvalue weighted by Gasteiger charge is -2.38. The minimum Gasteiger partial charge on any atom is -0.479 e. The topological polar surface area (TPSA) is 100 Å². The molecule has 130 valence electrons. The van der Waals surface area contributed by atoms with Gasteiger partial charge in [0.05, 0.1) is 6.54 Å². The van der Waals surface area contributed by atoms with Crippen molar-refractivity contribution in [1.29, 1.82) is 0 Å². The van der Waals surface area contributed by atoms with Gasteiger partial charge in [-0.15, -0.1) is 0 Å². The second-order valence-electron chi connectivity index (χ2n) is 6.30. The molecule has 3 aromatic rings. The minimum atomic E-state index is -0.954. The van der Waals surface area contributed by atoms with Crippen LogP contribution in [-0.4, -0.2) is 49.0 Å². The molecule has 0 atom stereocenters. The fourth-order valence-electron chi connectivity index (χ4n) is 3.37. The van der Waals surface area contributed by atoms with Crippen molar-refractivity contribution in [3.63, 3.8) is 0 Å². The van der Waals surface area contributed by atoms with Gasteiger partial charge in [-0.25, -0.2) is 4.79 Å². The summed E-state index contributed by atoms with van der Waals surface area (Å²) in [5.74, 6) is 0.780. The van der Waals surface area contributed by atoms with E-state index >= 15 is 0 Å². The molecular weight excluding hydrogens is 322 g/mol. The fraction of sp³-hybridized carbons (Fsp3) is 0.353. The predicted molar refractivity (Wildman–Crippen MR) is 88.6 cm³/mol. The minimum absolute atomic E-state index is 0.512. The van der Waals surface area contributed by atoms with Crippen LogP contribution in [0, 0.1) is 0 Å². The number of aliphatic carboxylic acids is 1. The number of carbonyl (C=O) groups is 1. The summed E-state index contributed by atoms with van der Waals surface area (Å²) < 4.78 is 7.43. The Morgan fingerprint density at radius 1 is 1.28 bits per heavy atom. The van der Waals surface area contributed by atoms with Crippen molar-refractivity contribution in [1.82, 2.24) is 24.9 Å². The van der Waals surface area contributed by atoms with Crippen molar-refractivity contribution in [3.05, 3.63) is 48.6 Å². The summed E-state index contributed by atoms with van der Waals surface area (Å²) in [6.45, 7) is 2.00. The van der Waals surface area contributed by atoms with Crippen molar-refractivity contribution < 1.29 is 14.3 Å². The number of carboxylic acids is 1. The summed E-state index contributed by atoms with van der Waals surface area (Å²) in [6.07, 6.45) is 6.06. The number of hydrogen-bond donors (Lipinski definition) is 2. The van der Waals surface area contributed by atoms with E-state index in [0.29, 0.717) is 32.5 Å². The third kappa shape index (κ3) is 2.85. The summed E-state index contributed by atoms with van der Waals surface area (Å²) in [5, 5.41) is 20.7. The third-order valence-electron chi connectivity index (χ3n) is 4.83. The predicted octanol–water partition coefficient (Wildman–Crippen LogP) is 1.94. The lowest BCUT2D eigenvalue weighted by molar-refractivity contribution is -0.151. The van der Waals surface area contributed by atoms with Crippen LogP contribution in [0.1, 0.15) is 18.6 Å². The highest BCUT2D eigenvalue weighted by atomic mass is 16.4. The molecule has 3 aromatic heterocycles. The summed E-state index contributed by atoms with van der Waals surface area (Å²) in [6, 6.07) is 7.48. The molecule has 0 unspecified atom stereocenters. The van der Waals surface area contributed by atoms with E-state index in [0.717, 1.165) is 17.2 Å². The van der Waals surface area contributed by atoms with Gasteiger partial charge in [0, 0.05) is 31.7 Å². The van der Waals surface area contributed by atoms with Crippen LogP contribution < -0.4 is 0 Å². The molecule has 1 fully saturated rings. The van der Waals surface area contributed by atoms with Crippen molar-refractivity contribution in [2.24, 2.45) is 0 Å². The van der Waals surface area contributed by atoms with Gasteiger partial charge in [0.2, 0.25) is 0 Å². The van der Waals surface area contributed by atoms with Crippen molar-refractivity contribution in [3.8, 4) is 11.5 Å². The van der Waals surface area contributed by atoms with Crippen LogP contribution in [0.4, 0.5) is 0 Å². The molecule has 1 aliphatic rings. The number of H-pyrrole nitrogens is 1. The maximum atomic E-state index is 11.9. The van der Waals surface area contributed by atoms with Gasteiger partial charge in [-0.05, 0) is 37.1 Å². The second kappa shape index (κ2) is 6.21. The van der Waals surface area contributed by atoms with E-state index in [1.54, 1.807) is 29.3 Å². The lowest BCUT2D eigenvalue weighted by atomic mass is 9.87. The van der Waals surface area contributed by atoms with E-state index in [1.807, 2.05) is 18.2 Å². The van der Waals surface area contributed by atoms with Gasteiger partial charge in [-0.2, -0.15) is 10.2 Å². The van der Waals surface area contributed by atoms with Crippen molar-refractivity contribution in [2.75, 3.05) is 13.1 Å². The zero-order valence-electron chi connectivity index (χ0n) is 13.6. The largest absolute Gasteiger partial charge is 0.479 e. The van der Waals surface area contributed by atoms with Gasteiger partial charge in [-0.1, -0.05) is 0 Å². The molecule has 0 bridgehead atoms. The Balaban J connectivity index is 1.43. The zero-order valence-corrected chi connectivity index (χ0v) is 13.6.